The monoisotopic (exact) mass is 273 g/mol. The van der Waals surface area contributed by atoms with Crippen molar-refractivity contribution in [3.63, 3.8) is 0 Å². The molecule has 2 rings (SSSR count). The molecule has 2 N–H and O–H groups in total. The number of likely N-dealkylation sites (N-methyl/N-ethyl adjacent to an activating group) is 1. The maximum absolute atomic E-state index is 9.69. The van der Waals surface area contributed by atoms with Gasteiger partial charge in [-0.3, -0.25) is 0 Å². The first-order valence-corrected chi connectivity index (χ1v) is 7.75. The number of aliphatic hydroxyl groups is 1. The van der Waals surface area contributed by atoms with Gasteiger partial charge in [-0.05, 0) is 43.8 Å². The average Bonchev–Trinajstić information content (AvgIpc) is 3.09. The second-order valence-corrected chi connectivity index (χ2v) is 6.49. The summed E-state index contributed by atoms with van der Waals surface area (Å²) in [6, 6.07) is 0. The van der Waals surface area contributed by atoms with Crippen molar-refractivity contribution in [2.75, 3.05) is 18.9 Å². The molecule has 96 valence electrons. The van der Waals surface area contributed by atoms with E-state index in [1.54, 1.807) is 11.8 Å². The normalized spacial score (nSPS) is 19.2. The number of nitrogens with one attached hydrogen (secondary N) is 1. The molecule has 6 heteroatoms. The quantitative estimate of drug-likeness (QED) is 0.740. The topological polar surface area (TPSA) is 58.0 Å². The predicted octanol–water partition coefficient (Wildman–Crippen LogP) is 1.69. The summed E-state index contributed by atoms with van der Waals surface area (Å²) < 4.78 is 5.18. The van der Waals surface area contributed by atoms with E-state index in [1.165, 1.54) is 24.4 Å². The van der Waals surface area contributed by atoms with E-state index in [4.69, 9.17) is 0 Å². The van der Waals surface area contributed by atoms with Gasteiger partial charge in [0.05, 0.1) is 12.1 Å². The molecule has 0 saturated heterocycles. The molecule has 1 aromatic rings. The predicted molar refractivity (Wildman–Crippen MR) is 71.6 cm³/mol. The van der Waals surface area contributed by atoms with Crippen molar-refractivity contribution in [3.05, 3.63) is 5.82 Å². The molecule has 1 fully saturated rings. The molecular weight excluding hydrogens is 254 g/mol. The van der Waals surface area contributed by atoms with Crippen molar-refractivity contribution in [3.8, 4) is 0 Å². The Balaban J connectivity index is 1.97. The first-order chi connectivity index (χ1) is 8.20. The van der Waals surface area contributed by atoms with Crippen LogP contribution in [-0.2, 0) is 0 Å². The van der Waals surface area contributed by atoms with Gasteiger partial charge in [-0.25, -0.2) is 4.98 Å². The highest BCUT2D eigenvalue weighted by Gasteiger charge is 2.44. The van der Waals surface area contributed by atoms with E-state index < -0.39 is 0 Å². The van der Waals surface area contributed by atoms with E-state index >= 15 is 0 Å². The maximum Gasteiger partial charge on any atom is 0.170 e. The van der Waals surface area contributed by atoms with Crippen LogP contribution in [0.15, 0.2) is 4.34 Å². The summed E-state index contributed by atoms with van der Waals surface area (Å²) >= 11 is 3.15. The minimum atomic E-state index is -0.126. The Morgan fingerprint density at radius 2 is 2.35 bits per heavy atom. The van der Waals surface area contributed by atoms with Gasteiger partial charge in [0.25, 0.3) is 0 Å². The van der Waals surface area contributed by atoms with E-state index in [2.05, 4.69) is 21.6 Å². The first kappa shape index (κ1) is 13.3. The summed E-state index contributed by atoms with van der Waals surface area (Å²) in [6.07, 6.45) is 2.45. The number of nitrogens with zero attached hydrogens (tertiary/aromatic N) is 2. The number of hydrogen-bond donors (Lipinski definition) is 2. The van der Waals surface area contributed by atoms with Crippen LogP contribution in [0.1, 0.15) is 25.6 Å². The zero-order valence-corrected chi connectivity index (χ0v) is 11.9. The number of aryl methyl sites for hydroxylation is 1. The highest BCUT2D eigenvalue weighted by Crippen LogP contribution is 2.42. The summed E-state index contributed by atoms with van der Waals surface area (Å²) in [5, 5.41) is 13.2. The van der Waals surface area contributed by atoms with E-state index in [0.29, 0.717) is 5.92 Å². The van der Waals surface area contributed by atoms with Crippen LogP contribution in [0.2, 0.25) is 0 Å². The standard InChI is InChI=1S/C11H19N3OS2/c1-3-12-11(6-15,9-4-5-9)7-16-10-13-8(2)14-17-10/h9,12,15H,3-7H2,1-2H3. The van der Waals surface area contributed by atoms with Crippen LogP contribution in [0, 0.1) is 12.8 Å². The summed E-state index contributed by atoms with van der Waals surface area (Å²) in [6.45, 7) is 5.10. The van der Waals surface area contributed by atoms with Gasteiger partial charge < -0.3 is 10.4 Å². The van der Waals surface area contributed by atoms with Crippen LogP contribution < -0.4 is 5.32 Å². The Hall–Kier alpha value is -0.170. The van der Waals surface area contributed by atoms with Gasteiger partial charge >= 0.3 is 0 Å². The molecule has 1 heterocycles. The highest BCUT2D eigenvalue weighted by atomic mass is 32.2. The molecule has 1 unspecified atom stereocenters. The number of aromatic nitrogens is 2. The number of hydrogen-bond acceptors (Lipinski definition) is 6. The Bertz CT molecular complexity index is 367. The molecule has 0 amide bonds. The fourth-order valence-corrected chi connectivity index (χ4v) is 3.99. The zero-order chi connectivity index (χ0) is 12.3. The number of aliphatic hydroxyl groups excluding tert-OH is 1. The Labute approximate surface area is 110 Å². The van der Waals surface area contributed by atoms with Gasteiger partial charge in [0.1, 0.15) is 5.82 Å². The summed E-state index contributed by atoms with van der Waals surface area (Å²) in [7, 11) is 0. The van der Waals surface area contributed by atoms with Gasteiger partial charge in [-0.1, -0.05) is 18.7 Å². The van der Waals surface area contributed by atoms with Gasteiger partial charge in [0.2, 0.25) is 0 Å². The summed E-state index contributed by atoms with van der Waals surface area (Å²) in [4.78, 5) is 4.35. The summed E-state index contributed by atoms with van der Waals surface area (Å²) in [5.41, 5.74) is -0.126. The van der Waals surface area contributed by atoms with E-state index in [1.807, 2.05) is 6.92 Å². The minimum Gasteiger partial charge on any atom is -0.394 e. The average molecular weight is 273 g/mol. The van der Waals surface area contributed by atoms with Crippen LogP contribution in [0.4, 0.5) is 0 Å². The molecule has 1 aliphatic rings. The molecular formula is C11H19N3OS2. The lowest BCUT2D eigenvalue weighted by Gasteiger charge is -2.32. The lowest BCUT2D eigenvalue weighted by Crippen LogP contribution is -2.52. The minimum absolute atomic E-state index is 0.126. The van der Waals surface area contributed by atoms with Gasteiger partial charge in [0, 0.05) is 5.75 Å². The van der Waals surface area contributed by atoms with E-state index in [9.17, 15) is 5.11 Å². The number of rotatable bonds is 7. The Morgan fingerprint density at radius 1 is 1.59 bits per heavy atom. The van der Waals surface area contributed by atoms with Crippen molar-refractivity contribution in [2.24, 2.45) is 5.92 Å². The van der Waals surface area contributed by atoms with Crippen LogP contribution in [0.25, 0.3) is 0 Å². The highest BCUT2D eigenvalue weighted by molar-refractivity contribution is 8.01. The SMILES string of the molecule is CCNC(CO)(CSc1nc(C)ns1)C1CC1. The second kappa shape index (κ2) is 5.65. The van der Waals surface area contributed by atoms with Crippen LogP contribution in [0.3, 0.4) is 0 Å². The van der Waals surface area contributed by atoms with Gasteiger partial charge in [0.15, 0.2) is 4.34 Å². The van der Waals surface area contributed by atoms with Crippen molar-refractivity contribution < 1.29 is 5.11 Å². The van der Waals surface area contributed by atoms with Crippen LogP contribution in [-0.4, -0.2) is 38.9 Å². The van der Waals surface area contributed by atoms with E-state index in [0.717, 1.165) is 22.5 Å². The molecule has 17 heavy (non-hydrogen) atoms. The molecule has 0 spiro atoms. The van der Waals surface area contributed by atoms with Crippen molar-refractivity contribution in [1.82, 2.24) is 14.7 Å². The largest absolute Gasteiger partial charge is 0.394 e. The van der Waals surface area contributed by atoms with Gasteiger partial charge in [-0.15, -0.1) is 0 Å². The Kier molecular flexibility index (Phi) is 4.41. The third-order valence-corrected chi connectivity index (χ3v) is 5.31. The summed E-state index contributed by atoms with van der Waals surface area (Å²) in [5.74, 6) is 2.33. The smallest absolute Gasteiger partial charge is 0.170 e. The fraction of sp³-hybridized carbons (Fsp3) is 0.818. The zero-order valence-electron chi connectivity index (χ0n) is 10.3. The second-order valence-electron chi connectivity index (χ2n) is 4.52. The number of thioether (sulfide) groups is 1. The fourth-order valence-electron chi connectivity index (χ4n) is 2.06. The van der Waals surface area contributed by atoms with Crippen molar-refractivity contribution in [1.29, 1.82) is 0 Å². The molecule has 1 aliphatic carbocycles. The first-order valence-electron chi connectivity index (χ1n) is 5.99. The molecule has 1 atom stereocenters. The van der Waals surface area contributed by atoms with Crippen molar-refractivity contribution >= 4 is 23.3 Å². The van der Waals surface area contributed by atoms with Crippen LogP contribution >= 0.6 is 23.3 Å². The van der Waals surface area contributed by atoms with Crippen molar-refractivity contribution in [2.45, 2.75) is 36.6 Å². The lowest BCUT2D eigenvalue weighted by molar-refractivity contribution is 0.161. The molecule has 0 bridgehead atoms. The van der Waals surface area contributed by atoms with Crippen LogP contribution in [0.5, 0.6) is 0 Å². The van der Waals surface area contributed by atoms with E-state index in [-0.39, 0.29) is 12.1 Å². The molecule has 4 nitrogen and oxygen atoms in total. The lowest BCUT2D eigenvalue weighted by atomic mass is 9.97. The maximum atomic E-state index is 9.69. The molecule has 0 aromatic carbocycles. The van der Waals surface area contributed by atoms with Gasteiger partial charge in [-0.2, -0.15) is 4.37 Å². The molecule has 1 aromatic heterocycles. The molecule has 0 aliphatic heterocycles. The Morgan fingerprint density at radius 3 is 2.82 bits per heavy atom. The third kappa shape index (κ3) is 3.19. The molecule has 0 radical (unpaired) electrons. The third-order valence-electron chi connectivity index (χ3n) is 3.13. The molecule has 1 saturated carbocycles.